The summed E-state index contributed by atoms with van der Waals surface area (Å²) in [6.45, 7) is 1.95. The molecule has 0 aliphatic heterocycles. The third-order valence-corrected chi connectivity index (χ3v) is 6.12. The molecule has 2 rings (SSSR count). The van der Waals surface area contributed by atoms with Crippen LogP contribution in [0.5, 0.6) is 0 Å². The van der Waals surface area contributed by atoms with E-state index in [2.05, 4.69) is 54.6 Å². The van der Waals surface area contributed by atoms with Crippen LogP contribution in [0.3, 0.4) is 0 Å². The fourth-order valence-electron chi connectivity index (χ4n) is 1.35. The van der Waals surface area contributed by atoms with Gasteiger partial charge in [-0.2, -0.15) is 0 Å². The highest BCUT2D eigenvalue weighted by Gasteiger charge is 2.08. The Bertz CT molecular complexity index is 557. The van der Waals surface area contributed by atoms with Crippen molar-refractivity contribution in [1.29, 1.82) is 0 Å². The second-order valence-corrected chi connectivity index (χ2v) is 6.86. The minimum absolute atomic E-state index is 0.533. The van der Waals surface area contributed by atoms with Crippen molar-refractivity contribution in [2.45, 2.75) is 17.6 Å². The third kappa shape index (κ3) is 3.59. The molecule has 0 aliphatic carbocycles. The maximum absolute atomic E-state index is 6.05. The van der Waals surface area contributed by atoms with Crippen molar-refractivity contribution in [2.24, 2.45) is 0 Å². The summed E-state index contributed by atoms with van der Waals surface area (Å²) < 4.78 is 2.01. The average Bonchev–Trinajstić information content (AvgIpc) is 2.35. The molecule has 0 atom stereocenters. The van der Waals surface area contributed by atoms with Crippen LogP contribution in [-0.4, -0.2) is 9.97 Å². The van der Waals surface area contributed by atoms with Gasteiger partial charge in [-0.25, -0.2) is 9.97 Å². The van der Waals surface area contributed by atoms with Crippen LogP contribution in [0, 0.1) is 10.5 Å². The maximum Gasteiger partial charge on any atom is 0.146 e. The Morgan fingerprint density at radius 3 is 2.72 bits per heavy atom. The van der Waals surface area contributed by atoms with Gasteiger partial charge in [0.05, 0.1) is 15.0 Å². The molecule has 1 aromatic heterocycles. The minimum Gasteiger partial charge on any atom is -0.236 e. The number of halogens is 3. The highest BCUT2D eigenvalue weighted by Crippen LogP contribution is 2.29. The lowest BCUT2D eigenvalue weighted by atomic mass is 10.4. The Hall–Kier alpha value is 0.150. The molecule has 6 heteroatoms. The number of aromatic nitrogens is 2. The van der Waals surface area contributed by atoms with Gasteiger partial charge in [0.25, 0.3) is 0 Å². The number of hydrogen-bond donors (Lipinski definition) is 0. The van der Waals surface area contributed by atoms with E-state index in [9.17, 15) is 0 Å². The number of benzene rings is 1. The average molecular weight is 456 g/mol. The van der Waals surface area contributed by atoms with E-state index >= 15 is 0 Å². The molecule has 0 radical (unpaired) electrons. The molecule has 0 saturated heterocycles. The molecule has 1 heterocycles. The van der Waals surface area contributed by atoms with Crippen LogP contribution in [0.4, 0.5) is 0 Å². The van der Waals surface area contributed by atoms with Crippen molar-refractivity contribution >= 4 is 61.9 Å². The zero-order valence-corrected chi connectivity index (χ0v) is 14.8. The molecule has 0 amide bonds. The Labute approximate surface area is 137 Å². The molecule has 2 aromatic rings. The van der Waals surface area contributed by atoms with Gasteiger partial charge in [0, 0.05) is 9.37 Å². The smallest absolute Gasteiger partial charge is 0.146 e. The molecule has 0 unspecified atom stereocenters. The first-order chi connectivity index (χ1) is 8.58. The van der Waals surface area contributed by atoms with Crippen molar-refractivity contribution in [2.75, 3.05) is 0 Å². The molecule has 2 nitrogen and oxygen atoms in total. The summed E-state index contributed by atoms with van der Waals surface area (Å²) in [6, 6.07) is 8.10. The van der Waals surface area contributed by atoms with E-state index in [0.717, 1.165) is 19.6 Å². The predicted octanol–water partition coefficient (Wildman–Crippen LogP) is 5.10. The van der Waals surface area contributed by atoms with E-state index in [-0.39, 0.29) is 0 Å². The Morgan fingerprint density at radius 1 is 1.33 bits per heavy atom. The standard InChI is InChI=1S/C12H9BrClIN2S/c1-7-11(15)12(14)17-10(16-7)6-18-9-5-3-2-4-8(9)13/h2-5H,6H2,1H3. The summed E-state index contributed by atoms with van der Waals surface area (Å²) in [4.78, 5) is 9.90. The number of aryl methyl sites for hydroxylation is 1. The highest BCUT2D eigenvalue weighted by atomic mass is 127. The maximum atomic E-state index is 6.05. The van der Waals surface area contributed by atoms with Gasteiger partial charge in [-0.05, 0) is 57.6 Å². The Balaban J connectivity index is 2.14. The molecule has 0 saturated carbocycles. The van der Waals surface area contributed by atoms with Crippen LogP contribution in [0.25, 0.3) is 0 Å². The first-order valence-corrected chi connectivity index (χ1v) is 8.37. The second kappa shape index (κ2) is 6.54. The summed E-state index contributed by atoms with van der Waals surface area (Å²) in [6.07, 6.45) is 0. The van der Waals surface area contributed by atoms with Crippen LogP contribution in [-0.2, 0) is 5.75 Å². The van der Waals surface area contributed by atoms with Crippen molar-refractivity contribution in [3.05, 3.63) is 49.0 Å². The molecule has 0 aliphatic rings. The molecule has 0 fully saturated rings. The highest BCUT2D eigenvalue weighted by molar-refractivity contribution is 14.1. The molecule has 18 heavy (non-hydrogen) atoms. The zero-order chi connectivity index (χ0) is 13.1. The topological polar surface area (TPSA) is 25.8 Å². The Kier molecular flexibility index (Phi) is 5.29. The Morgan fingerprint density at radius 2 is 2.06 bits per heavy atom. The number of rotatable bonds is 3. The summed E-state index contributed by atoms with van der Waals surface area (Å²) in [5, 5.41) is 0.533. The van der Waals surface area contributed by atoms with E-state index in [1.165, 1.54) is 4.90 Å². The van der Waals surface area contributed by atoms with Crippen LogP contribution in [0.15, 0.2) is 33.6 Å². The van der Waals surface area contributed by atoms with Gasteiger partial charge in [-0.15, -0.1) is 11.8 Å². The molecule has 0 bridgehead atoms. The molecule has 94 valence electrons. The van der Waals surface area contributed by atoms with Crippen molar-refractivity contribution in [3.63, 3.8) is 0 Å². The predicted molar refractivity (Wildman–Crippen MR) is 88.2 cm³/mol. The summed E-state index contributed by atoms with van der Waals surface area (Å²) in [5.41, 5.74) is 0.929. The van der Waals surface area contributed by atoms with Crippen molar-refractivity contribution in [3.8, 4) is 0 Å². The second-order valence-electron chi connectivity index (χ2n) is 3.55. The van der Waals surface area contributed by atoms with Crippen molar-refractivity contribution in [1.82, 2.24) is 9.97 Å². The molecular formula is C12H9BrClIN2S. The summed E-state index contributed by atoms with van der Waals surface area (Å²) >= 11 is 13.4. The SMILES string of the molecule is Cc1nc(CSc2ccccc2Br)nc(Cl)c1I. The molecule has 0 N–H and O–H groups in total. The lowest BCUT2D eigenvalue weighted by Crippen LogP contribution is -1.99. The lowest BCUT2D eigenvalue weighted by molar-refractivity contribution is 0.983. The van der Waals surface area contributed by atoms with Crippen LogP contribution in [0.2, 0.25) is 5.15 Å². The van der Waals surface area contributed by atoms with E-state index in [1.807, 2.05) is 25.1 Å². The molecule has 0 spiro atoms. The van der Waals surface area contributed by atoms with E-state index in [0.29, 0.717) is 10.9 Å². The van der Waals surface area contributed by atoms with Crippen molar-refractivity contribution < 1.29 is 0 Å². The van der Waals surface area contributed by atoms with Gasteiger partial charge in [0.15, 0.2) is 0 Å². The van der Waals surface area contributed by atoms with E-state index < -0.39 is 0 Å². The van der Waals surface area contributed by atoms with E-state index in [4.69, 9.17) is 11.6 Å². The molecule has 1 aromatic carbocycles. The van der Waals surface area contributed by atoms with E-state index in [1.54, 1.807) is 11.8 Å². The largest absolute Gasteiger partial charge is 0.236 e. The number of nitrogens with zero attached hydrogens (tertiary/aromatic N) is 2. The zero-order valence-electron chi connectivity index (χ0n) is 9.45. The van der Waals surface area contributed by atoms with Gasteiger partial charge < -0.3 is 0 Å². The first kappa shape index (κ1) is 14.6. The fraction of sp³-hybridized carbons (Fsp3) is 0.167. The monoisotopic (exact) mass is 454 g/mol. The van der Waals surface area contributed by atoms with Gasteiger partial charge in [0.1, 0.15) is 11.0 Å². The first-order valence-electron chi connectivity index (χ1n) is 5.14. The minimum atomic E-state index is 0.533. The van der Waals surface area contributed by atoms with Gasteiger partial charge in [-0.3, -0.25) is 0 Å². The molecular weight excluding hydrogens is 446 g/mol. The van der Waals surface area contributed by atoms with Gasteiger partial charge in [-0.1, -0.05) is 23.7 Å². The summed E-state index contributed by atoms with van der Waals surface area (Å²) in [7, 11) is 0. The quantitative estimate of drug-likeness (QED) is 0.366. The summed E-state index contributed by atoms with van der Waals surface area (Å²) in [5.74, 6) is 1.47. The van der Waals surface area contributed by atoms with Crippen LogP contribution in [0.1, 0.15) is 11.5 Å². The van der Waals surface area contributed by atoms with Crippen LogP contribution >= 0.6 is 61.9 Å². The number of hydrogen-bond acceptors (Lipinski definition) is 3. The third-order valence-electron chi connectivity index (χ3n) is 2.22. The van der Waals surface area contributed by atoms with Gasteiger partial charge in [0.2, 0.25) is 0 Å². The fourth-order valence-corrected chi connectivity index (χ4v) is 3.25. The normalized spacial score (nSPS) is 10.7. The van der Waals surface area contributed by atoms with Gasteiger partial charge >= 0.3 is 0 Å². The number of thioether (sulfide) groups is 1. The van der Waals surface area contributed by atoms with Crippen LogP contribution < -0.4 is 0 Å². The lowest BCUT2D eigenvalue weighted by Gasteiger charge is -2.06.